The molecule has 0 saturated heterocycles. The van der Waals surface area contributed by atoms with Gasteiger partial charge in [0.05, 0.1) is 5.92 Å². The van der Waals surface area contributed by atoms with Gasteiger partial charge in [0.15, 0.2) is 0 Å². The van der Waals surface area contributed by atoms with Gasteiger partial charge < -0.3 is 5.32 Å². The Bertz CT molecular complexity index is 176. The number of thioether (sulfide) groups is 1. The van der Waals surface area contributed by atoms with Crippen LogP contribution in [0.15, 0.2) is 0 Å². The number of alkyl halides is 3. The highest BCUT2D eigenvalue weighted by Crippen LogP contribution is 2.37. The van der Waals surface area contributed by atoms with Crippen molar-refractivity contribution in [3.8, 4) is 0 Å². The highest BCUT2D eigenvalue weighted by Gasteiger charge is 2.41. The topological polar surface area (TPSA) is 12.0 Å². The van der Waals surface area contributed by atoms with Crippen LogP contribution in [0.2, 0.25) is 0 Å². The molecule has 1 saturated carbocycles. The van der Waals surface area contributed by atoms with Gasteiger partial charge in [0.1, 0.15) is 0 Å². The fourth-order valence-electron chi connectivity index (χ4n) is 1.99. The molecule has 0 atom stereocenters. The van der Waals surface area contributed by atoms with Gasteiger partial charge in [0, 0.05) is 18.3 Å². The van der Waals surface area contributed by atoms with Gasteiger partial charge >= 0.3 is 6.18 Å². The molecule has 0 aliphatic heterocycles. The van der Waals surface area contributed by atoms with Gasteiger partial charge in [0.2, 0.25) is 0 Å². The Morgan fingerprint density at radius 3 is 2.27 bits per heavy atom. The fraction of sp³-hybridized carbons (Fsp3) is 1.00. The van der Waals surface area contributed by atoms with Gasteiger partial charge in [-0.25, -0.2) is 0 Å². The van der Waals surface area contributed by atoms with Crippen molar-refractivity contribution in [2.45, 2.75) is 37.9 Å². The van der Waals surface area contributed by atoms with E-state index in [0.29, 0.717) is 31.7 Å². The summed E-state index contributed by atoms with van der Waals surface area (Å²) in [7, 11) is 0. The zero-order valence-corrected chi connectivity index (χ0v) is 9.76. The Morgan fingerprint density at radius 1 is 1.20 bits per heavy atom. The van der Waals surface area contributed by atoms with Crippen LogP contribution < -0.4 is 5.32 Å². The molecule has 1 aliphatic carbocycles. The molecule has 0 bridgehead atoms. The maximum Gasteiger partial charge on any atom is 0.391 e. The van der Waals surface area contributed by atoms with E-state index in [1.165, 1.54) is 0 Å². The number of rotatable bonds is 4. The monoisotopic (exact) mass is 241 g/mol. The lowest BCUT2D eigenvalue weighted by Crippen LogP contribution is -2.37. The largest absolute Gasteiger partial charge is 0.391 e. The number of nitrogens with one attached hydrogen (secondary N) is 1. The van der Waals surface area contributed by atoms with E-state index in [1.54, 1.807) is 11.8 Å². The standard InChI is InChI=1S/C10H18F3NS/c1-15-7-6-14-9-4-2-8(3-5-9)10(11,12)13/h8-9,14H,2-7H2,1H3. The van der Waals surface area contributed by atoms with E-state index in [1.807, 2.05) is 6.26 Å². The highest BCUT2D eigenvalue weighted by atomic mass is 32.2. The second-order valence-corrected chi connectivity index (χ2v) is 5.02. The zero-order valence-electron chi connectivity index (χ0n) is 8.94. The average molecular weight is 241 g/mol. The lowest BCUT2D eigenvalue weighted by molar-refractivity contribution is -0.182. The van der Waals surface area contributed by atoms with Crippen molar-refractivity contribution >= 4 is 11.8 Å². The van der Waals surface area contributed by atoms with Crippen LogP contribution in [0.4, 0.5) is 13.2 Å². The zero-order chi connectivity index (χ0) is 11.3. The van der Waals surface area contributed by atoms with Gasteiger partial charge in [-0.1, -0.05) is 0 Å². The molecule has 1 aliphatic rings. The molecule has 1 N–H and O–H groups in total. The molecule has 0 aromatic carbocycles. The van der Waals surface area contributed by atoms with Crippen molar-refractivity contribution in [2.75, 3.05) is 18.6 Å². The minimum atomic E-state index is -3.98. The van der Waals surface area contributed by atoms with Crippen LogP contribution in [-0.4, -0.2) is 30.8 Å². The fourth-order valence-corrected chi connectivity index (χ4v) is 2.31. The smallest absolute Gasteiger partial charge is 0.313 e. The summed E-state index contributed by atoms with van der Waals surface area (Å²) in [6.07, 6.45) is -0.0372. The number of hydrogen-bond donors (Lipinski definition) is 1. The van der Waals surface area contributed by atoms with E-state index in [9.17, 15) is 13.2 Å². The molecule has 0 aromatic heterocycles. The lowest BCUT2D eigenvalue weighted by Gasteiger charge is -2.30. The van der Waals surface area contributed by atoms with Crippen LogP contribution >= 0.6 is 11.8 Å². The van der Waals surface area contributed by atoms with E-state index in [-0.39, 0.29) is 0 Å². The molecule has 15 heavy (non-hydrogen) atoms. The molecule has 0 radical (unpaired) electrons. The molecule has 1 nitrogen and oxygen atoms in total. The van der Waals surface area contributed by atoms with Crippen molar-refractivity contribution in [3.05, 3.63) is 0 Å². The molecule has 1 rings (SSSR count). The summed E-state index contributed by atoms with van der Waals surface area (Å²) < 4.78 is 37.1. The molecule has 90 valence electrons. The Hall–Kier alpha value is 0.100. The van der Waals surface area contributed by atoms with Crippen LogP contribution in [0.3, 0.4) is 0 Å². The normalized spacial score (nSPS) is 28.0. The summed E-state index contributed by atoms with van der Waals surface area (Å²) in [6, 6.07) is 0.302. The van der Waals surface area contributed by atoms with E-state index in [4.69, 9.17) is 0 Å². The minimum absolute atomic E-state index is 0.292. The Balaban J connectivity index is 2.18. The van der Waals surface area contributed by atoms with Gasteiger partial charge in [-0.15, -0.1) is 0 Å². The molecular weight excluding hydrogens is 223 g/mol. The van der Waals surface area contributed by atoms with Crippen molar-refractivity contribution in [3.63, 3.8) is 0 Å². The molecule has 0 amide bonds. The van der Waals surface area contributed by atoms with Crippen molar-refractivity contribution in [1.29, 1.82) is 0 Å². The second-order valence-electron chi connectivity index (χ2n) is 4.04. The van der Waals surface area contributed by atoms with Crippen LogP contribution in [0.25, 0.3) is 0 Å². The maximum atomic E-state index is 12.4. The number of hydrogen-bond acceptors (Lipinski definition) is 2. The predicted molar refractivity (Wildman–Crippen MR) is 58.2 cm³/mol. The first kappa shape index (κ1) is 13.2. The summed E-state index contributed by atoms with van der Waals surface area (Å²) in [5.74, 6) is -0.0322. The van der Waals surface area contributed by atoms with Gasteiger partial charge in [-0.3, -0.25) is 0 Å². The first-order chi connectivity index (χ1) is 7.04. The molecule has 0 spiro atoms. The summed E-state index contributed by atoms with van der Waals surface area (Å²) in [5.41, 5.74) is 0. The van der Waals surface area contributed by atoms with Crippen LogP contribution in [0, 0.1) is 5.92 Å². The van der Waals surface area contributed by atoms with Crippen molar-refractivity contribution < 1.29 is 13.2 Å². The summed E-state index contributed by atoms with van der Waals surface area (Å²) in [5, 5.41) is 3.31. The maximum absolute atomic E-state index is 12.4. The summed E-state index contributed by atoms with van der Waals surface area (Å²) in [6.45, 7) is 0.905. The molecule has 0 aromatic rings. The second kappa shape index (κ2) is 5.99. The highest BCUT2D eigenvalue weighted by molar-refractivity contribution is 7.98. The first-order valence-electron chi connectivity index (χ1n) is 5.33. The van der Waals surface area contributed by atoms with E-state index < -0.39 is 12.1 Å². The van der Waals surface area contributed by atoms with Crippen molar-refractivity contribution in [1.82, 2.24) is 5.32 Å². The minimum Gasteiger partial charge on any atom is -0.313 e. The van der Waals surface area contributed by atoms with E-state index in [0.717, 1.165) is 12.3 Å². The SMILES string of the molecule is CSCCNC1CCC(C(F)(F)F)CC1. The van der Waals surface area contributed by atoms with E-state index >= 15 is 0 Å². The van der Waals surface area contributed by atoms with Crippen molar-refractivity contribution in [2.24, 2.45) is 5.92 Å². The Morgan fingerprint density at radius 2 is 1.80 bits per heavy atom. The van der Waals surface area contributed by atoms with Gasteiger partial charge in [-0.05, 0) is 31.9 Å². The third-order valence-electron chi connectivity index (χ3n) is 2.93. The molecule has 1 fully saturated rings. The average Bonchev–Trinajstić information content (AvgIpc) is 2.18. The summed E-state index contributed by atoms with van der Waals surface area (Å²) >= 11 is 1.75. The first-order valence-corrected chi connectivity index (χ1v) is 6.72. The molecule has 0 heterocycles. The number of halogens is 3. The Labute approximate surface area is 93.2 Å². The van der Waals surface area contributed by atoms with Crippen LogP contribution in [0.1, 0.15) is 25.7 Å². The van der Waals surface area contributed by atoms with Crippen LogP contribution in [-0.2, 0) is 0 Å². The van der Waals surface area contributed by atoms with Crippen LogP contribution in [0.5, 0.6) is 0 Å². The third kappa shape index (κ3) is 4.64. The molecule has 5 heteroatoms. The molecule has 0 unspecified atom stereocenters. The van der Waals surface area contributed by atoms with Gasteiger partial charge in [-0.2, -0.15) is 24.9 Å². The van der Waals surface area contributed by atoms with E-state index in [2.05, 4.69) is 5.32 Å². The Kier molecular flexibility index (Phi) is 5.26. The molecular formula is C10H18F3NS. The summed E-state index contributed by atoms with van der Waals surface area (Å²) in [4.78, 5) is 0. The van der Waals surface area contributed by atoms with Gasteiger partial charge in [0.25, 0.3) is 0 Å². The quantitative estimate of drug-likeness (QED) is 0.759. The third-order valence-corrected chi connectivity index (χ3v) is 3.54. The lowest BCUT2D eigenvalue weighted by atomic mass is 9.85. The predicted octanol–water partition coefficient (Wildman–Crippen LogP) is 3.06.